The van der Waals surface area contributed by atoms with Gasteiger partial charge in [-0.25, -0.2) is 0 Å². The summed E-state index contributed by atoms with van der Waals surface area (Å²) in [5.74, 6) is 2.83. The third kappa shape index (κ3) is 4.81. The fourth-order valence-corrected chi connectivity index (χ4v) is 3.13. The number of likely N-dealkylation sites (tertiary alicyclic amines) is 1. The summed E-state index contributed by atoms with van der Waals surface area (Å²) >= 11 is 0. The van der Waals surface area contributed by atoms with Gasteiger partial charge in [0, 0.05) is 24.2 Å². The molecular weight excluding hydrogens is 342 g/mol. The molecule has 2 atom stereocenters. The molecule has 0 bridgehead atoms. The first kappa shape index (κ1) is 20.8. The van der Waals surface area contributed by atoms with E-state index in [0.717, 1.165) is 12.0 Å². The molecule has 0 aromatic heterocycles. The standard InChI is InChI=1S/C21H29N3O3/c1-6-14-9-10-15(17(12-14)27-5)13-23-19(25)16-8-7-11-24(16)20(26)18(22)21(2,3)4/h1,9-10,12,16,18H,7-8,11,13,22H2,2-5H3,(H,23,25). The molecule has 1 fully saturated rings. The van der Waals surface area contributed by atoms with Crippen LogP contribution < -0.4 is 15.8 Å². The number of nitrogens with one attached hydrogen (secondary N) is 1. The van der Waals surface area contributed by atoms with E-state index in [1.165, 1.54) is 0 Å². The van der Waals surface area contributed by atoms with Gasteiger partial charge in [-0.1, -0.05) is 32.8 Å². The largest absolute Gasteiger partial charge is 0.496 e. The van der Waals surface area contributed by atoms with Gasteiger partial charge in [0.05, 0.1) is 13.2 Å². The Labute approximate surface area is 161 Å². The van der Waals surface area contributed by atoms with Gasteiger partial charge in [-0.2, -0.15) is 0 Å². The van der Waals surface area contributed by atoms with Gasteiger partial charge in [-0.3, -0.25) is 9.59 Å². The molecule has 1 aliphatic rings. The number of hydrogen-bond acceptors (Lipinski definition) is 4. The van der Waals surface area contributed by atoms with Crippen LogP contribution in [0.15, 0.2) is 18.2 Å². The predicted molar refractivity (Wildman–Crippen MR) is 105 cm³/mol. The summed E-state index contributed by atoms with van der Waals surface area (Å²) in [7, 11) is 1.56. The van der Waals surface area contributed by atoms with Crippen LogP contribution in [-0.4, -0.2) is 42.5 Å². The third-order valence-corrected chi connectivity index (χ3v) is 4.94. The summed E-state index contributed by atoms with van der Waals surface area (Å²) in [6.07, 6.45) is 6.84. The van der Waals surface area contributed by atoms with Crippen molar-refractivity contribution in [2.45, 2.75) is 52.2 Å². The minimum atomic E-state index is -0.637. The normalized spacial score (nSPS) is 17.9. The van der Waals surface area contributed by atoms with Crippen LogP contribution in [0.3, 0.4) is 0 Å². The fraction of sp³-hybridized carbons (Fsp3) is 0.524. The molecule has 0 aliphatic carbocycles. The van der Waals surface area contributed by atoms with E-state index >= 15 is 0 Å². The maximum atomic E-state index is 12.7. The second-order valence-corrected chi connectivity index (χ2v) is 7.92. The molecule has 0 saturated carbocycles. The van der Waals surface area contributed by atoms with Gasteiger partial charge in [-0.05, 0) is 30.4 Å². The maximum absolute atomic E-state index is 12.7. The lowest BCUT2D eigenvalue weighted by Crippen LogP contribution is -2.54. The summed E-state index contributed by atoms with van der Waals surface area (Å²) < 4.78 is 5.35. The number of benzene rings is 1. The van der Waals surface area contributed by atoms with Crippen molar-refractivity contribution in [3.8, 4) is 18.1 Å². The highest BCUT2D eigenvalue weighted by Gasteiger charge is 2.39. The lowest BCUT2D eigenvalue weighted by atomic mass is 9.86. The fourth-order valence-electron chi connectivity index (χ4n) is 3.13. The number of nitrogens with zero attached hydrogens (tertiary/aromatic N) is 1. The highest BCUT2D eigenvalue weighted by atomic mass is 16.5. The lowest BCUT2D eigenvalue weighted by Gasteiger charge is -2.32. The van der Waals surface area contributed by atoms with Gasteiger partial charge in [0.2, 0.25) is 11.8 Å². The Morgan fingerprint density at radius 2 is 2.15 bits per heavy atom. The first-order chi connectivity index (χ1) is 12.7. The molecule has 0 spiro atoms. The number of rotatable bonds is 5. The highest BCUT2D eigenvalue weighted by molar-refractivity contribution is 5.90. The second-order valence-electron chi connectivity index (χ2n) is 7.92. The minimum absolute atomic E-state index is 0.170. The number of methoxy groups -OCH3 is 1. The number of nitrogens with two attached hydrogens (primary N) is 1. The Morgan fingerprint density at radius 1 is 1.44 bits per heavy atom. The van der Waals surface area contributed by atoms with Crippen molar-refractivity contribution in [2.75, 3.05) is 13.7 Å². The van der Waals surface area contributed by atoms with Crippen LogP contribution in [0.2, 0.25) is 0 Å². The van der Waals surface area contributed by atoms with Gasteiger partial charge >= 0.3 is 0 Å². The van der Waals surface area contributed by atoms with E-state index in [1.54, 1.807) is 24.1 Å². The van der Waals surface area contributed by atoms with Crippen LogP contribution in [-0.2, 0) is 16.1 Å². The van der Waals surface area contributed by atoms with Gasteiger partial charge in [0.15, 0.2) is 0 Å². The van der Waals surface area contributed by atoms with Gasteiger partial charge < -0.3 is 20.7 Å². The van der Waals surface area contributed by atoms with E-state index in [0.29, 0.717) is 30.8 Å². The molecule has 1 aromatic rings. The zero-order valence-electron chi connectivity index (χ0n) is 16.5. The van der Waals surface area contributed by atoms with E-state index in [-0.39, 0.29) is 17.2 Å². The third-order valence-electron chi connectivity index (χ3n) is 4.94. The Hall–Kier alpha value is -2.52. The van der Waals surface area contributed by atoms with Crippen LogP contribution in [0.1, 0.15) is 44.7 Å². The van der Waals surface area contributed by atoms with Crippen molar-refractivity contribution in [2.24, 2.45) is 11.1 Å². The van der Waals surface area contributed by atoms with Crippen LogP contribution in [0.25, 0.3) is 0 Å². The first-order valence-electron chi connectivity index (χ1n) is 9.16. The smallest absolute Gasteiger partial charge is 0.243 e. The van der Waals surface area contributed by atoms with Crippen LogP contribution in [0.5, 0.6) is 5.75 Å². The average molecular weight is 371 g/mol. The monoisotopic (exact) mass is 371 g/mol. The second kappa shape index (κ2) is 8.45. The molecule has 1 saturated heterocycles. The summed E-state index contributed by atoms with van der Waals surface area (Å²) in [6.45, 7) is 6.63. The van der Waals surface area contributed by atoms with Crippen molar-refractivity contribution in [1.29, 1.82) is 0 Å². The first-order valence-corrected chi connectivity index (χ1v) is 9.16. The van der Waals surface area contributed by atoms with E-state index in [2.05, 4.69) is 11.2 Å². The van der Waals surface area contributed by atoms with Crippen LogP contribution in [0.4, 0.5) is 0 Å². The SMILES string of the molecule is C#Cc1ccc(CNC(=O)C2CCCN2C(=O)C(N)C(C)(C)C)c(OC)c1. The van der Waals surface area contributed by atoms with Gasteiger partial charge in [-0.15, -0.1) is 6.42 Å². The van der Waals surface area contributed by atoms with E-state index in [1.807, 2.05) is 26.8 Å². The predicted octanol–water partition coefficient (Wildman–Crippen LogP) is 1.66. The molecule has 1 aliphatic heterocycles. The topological polar surface area (TPSA) is 84.7 Å². The van der Waals surface area contributed by atoms with E-state index in [9.17, 15) is 9.59 Å². The average Bonchev–Trinajstić information content (AvgIpc) is 3.13. The molecule has 3 N–H and O–H groups in total. The quantitative estimate of drug-likeness (QED) is 0.771. The highest BCUT2D eigenvalue weighted by Crippen LogP contribution is 2.25. The molecule has 6 nitrogen and oxygen atoms in total. The van der Waals surface area contributed by atoms with Crippen molar-refractivity contribution < 1.29 is 14.3 Å². The molecule has 1 heterocycles. The van der Waals surface area contributed by atoms with Crippen molar-refractivity contribution >= 4 is 11.8 Å². The van der Waals surface area contributed by atoms with E-state index < -0.39 is 12.1 Å². The summed E-state index contributed by atoms with van der Waals surface area (Å²) in [5.41, 5.74) is 7.30. The number of amides is 2. The molecule has 146 valence electrons. The van der Waals surface area contributed by atoms with Crippen molar-refractivity contribution in [3.63, 3.8) is 0 Å². The summed E-state index contributed by atoms with van der Waals surface area (Å²) in [4.78, 5) is 27.1. The molecule has 2 amide bonds. The molecule has 6 heteroatoms. The Balaban J connectivity index is 2.05. The zero-order valence-corrected chi connectivity index (χ0v) is 16.5. The Bertz CT molecular complexity index is 746. The summed E-state index contributed by atoms with van der Waals surface area (Å²) in [5, 5.41) is 2.91. The molecule has 2 unspecified atom stereocenters. The van der Waals surface area contributed by atoms with Gasteiger partial charge in [0.1, 0.15) is 11.8 Å². The molecular formula is C21H29N3O3. The summed E-state index contributed by atoms with van der Waals surface area (Å²) in [6, 6.07) is 4.28. The number of carbonyl (C=O) groups is 2. The number of carbonyl (C=O) groups excluding carboxylic acids is 2. The number of terminal acetylenes is 1. The van der Waals surface area contributed by atoms with Gasteiger partial charge in [0.25, 0.3) is 0 Å². The molecule has 0 radical (unpaired) electrons. The van der Waals surface area contributed by atoms with Crippen molar-refractivity contribution in [3.05, 3.63) is 29.3 Å². The van der Waals surface area contributed by atoms with Crippen LogP contribution >= 0.6 is 0 Å². The molecule has 2 rings (SSSR count). The number of hydrogen-bond donors (Lipinski definition) is 2. The maximum Gasteiger partial charge on any atom is 0.243 e. The zero-order chi connectivity index (χ0) is 20.2. The Kier molecular flexibility index (Phi) is 6.50. The number of ether oxygens (including phenoxy) is 1. The molecule has 1 aromatic carbocycles. The van der Waals surface area contributed by atoms with Crippen molar-refractivity contribution in [1.82, 2.24) is 10.2 Å². The molecule has 27 heavy (non-hydrogen) atoms. The minimum Gasteiger partial charge on any atom is -0.496 e. The lowest BCUT2D eigenvalue weighted by molar-refractivity contribution is -0.141. The van der Waals surface area contributed by atoms with E-state index in [4.69, 9.17) is 16.9 Å². The van der Waals surface area contributed by atoms with Crippen LogP contribution in [0, 0.1) is 17.8 Å². The Morgan fingerprint density at radius 3 is 2.74 bits per heavy atom.